The van der Waals surface area contributed by atoms with Crippen LogP contribution in [-0.2, 0) is 11.3 Å². The summed E-state index contributed by atoms with van der Waals surface area (Å²) in [5.74, 6) is -0.998. The fourth-order valence-corrected chi connectivity index (χ4v) is 0.581. The Bertz CT molecular complexity index is 254. The average Bonchev–Trinajstić information content (AvgIpc) is 2.15. The Kier molecular flexibility index (Phi) is 9.36. The third-order valence-electron chi connectivity index (χ3n) is 0.798. The molecular weight excluding hydrogens is 202 g/mol. The molecule has 0 aliphatic rings. The van der Waals surface area contributed by atoms with E-state index in [4.69, 9.17) is 5.11 Å². The zero-order chi connectivity index (χ0) is 7.56. The topological polar surface area (TPSA) is 80.9 Å². The van der Waals surface area contributed by atoms with Crippen molar-refractivity contribution >= 4 is 77.7 Å². The second-order valence-electron chi connectivity index (χ2n) is 1.53. The van der Waals surface area contributed by atoms with Crippen LogP contribution in [0.15, 0.2) is 5.16 Å². The zero-order valence-corrected chi connectivity index (χ0v) is 5.69. The van der Waals surface area contributed by atoms with E-state index >= 15 is 0 Å². The van der Waals surface area contributed by atoms with E-state index in [2.05, 4.69) is 28.2 Å². The first-order chi connectivity index (χ1) is 4.70. The van der Waals surface area contributed by atoms with Crippen LogP contribution in [0.3, 0.4) is 0 Å². The molecule has 0 aromatic carbocycles. The number of carbonyl (C=O) groups is 1. The molecule has 0 fully saturated rings. The summed E-state index contributed by atoms with van der Waals surface area (Å²) in [5, 5.41) is 18.4. The Balaban J connectivity index is 0. The van der Waals surface area contributed by atoms with E-state index < -0.39 is 5.97 Å². The van der Waals surface area contributed by atoms with Gasteiger partial charge in [0.1, 0.15) is 6.54 Å². The summed E-state index contributed by atoms with van der Waals surface area (Å²) in [5.41, 5.74) is 0. The van der Waals surface area contributed by atoms with Crippen molar-refractivity contribution < 1.29 is 9.90 Å². The van der Waals surface area contributed by atoms with Crippen molar-refractivity contribution in [3.63, 3.8) is 0 Å². The number of tetrazole rings is 1. The van der Waals surface area contributed by atoms with Gasteiger partial charge in [0.2, 0.25) is 5.16 Å². The maximum absolute atomic E-state index is 10.1. The number of nitrogens with zero attached hydrogens (tertiary/aromatic N) is 4. The van der Waals surface area contributed by atoms with Crippen LogP contribution < -0.4 is 0 Å². The van der Waals surface area contributed by atoms with Crippen molar-refractivity contribution in [3.8, 4) is 0 Å². The molecule has 0 unspecified atom stereocenters. The van der Waals surface area contributed by atoms with Crippen molar-refractivity contribution in [2.24, 2.45) is 0 Å². The van der Waals surface area contributed by atoms with E-state index in [0.29, 0.717) is 0 Å². The Hall–Kier alpha value is 0.890. The van der Waals surface area contributed by atoms with Crippen molar-refractivity contribution in [3.05, 3.63) is 0 Å². The Morgan fingerprint density at radius 1 is 1.58 bits per heavy atom. The number of hydrogen-bond donors (Lipinski definition) is 2. The molecule has 0 radical (unpaired) electrons. The van der Waals surface area contributed by atoms with Gasteiger partial charge >= 0.3 is 65.1 Å². The van der Waals surface area contributed by atoms with Gasteiger partial charge in [-0.1, -0.05) is 0 Å². The van der Waals surface area contributed by atoms with Crippen molar-refractivity contribution in [1.82, 2.24) is 20.2 Å². The minimum absolute atomic E-state index is 0. The van der Waals surface area contributed by atoms with Gasteiger partial charge in [0.25, 0.3) is 0 Å². The first-order valence-corrected chi connectivity index (χ1v) is 2.82. The summed E-state index contributed by atoms with van der Waals surface area (Å²) in [7, 11) is 0. The predicted octanol–water partition coefficient (Wildman–Crippen LogP) is -2.25. The second kappa shape index (κ2) is 7.31. The number of carboxylic acids is 1. The van der Waals surface area contributed by atoms with Crippen molar-refractivity contribution in [2.75, 3.05) is 0 Å². The molecule has 1 rings (SSSR count). The molecule has 0 spiro atoms. The van der Waals surface area contributed by atoms with Crippen LogP contribution in [0, 0.1) is 0 Å². The quantitative estimate of drug-likeness (QED) is 0.424. The monoisotopic (exact) mass is 208 g/mol. The molecule has 9 heteroatoms. The SMILES string of the molecule is O=C(O)Cn1nnnc1S.[NaH].[NaH]. The van der Waals surface area contributed by atoms with Crippen LogP contribution in [0.5, 0.6) is 0 Å². The second-order valence-corrected chi connectivity index (χ2v) is 1.93. The van der Waals surface area contributed by atoms with Crippen LogP contribution in [0.1, 0.15) is 0 Å². The molecule has 0 saturated carbocycles. The molecule has 0 amide bonds. The van der Waals surface area contributed by atoms with E-state index in [9.17, 15) is 4.79 Å². The van der Waals surface area contributed by atoms with Gasteiger partial charge in [0.15, 0.2) is 0 Å². The summed E-state index contributed by atoms with van der Waals surface area (Å²) >= 11 is 3.79. The molecule has 0 saturated heterocycles. The molecule has 0 aliphatic carbocycles. The molecule has 1 N–H and O–H groups in total. The fourth-order valence-electron chi connectivity index (χ4n) is 0.430. The number of thiol groups is 1. The van der Waals surface area contributed by atoms with Crippen LogP contribution in [-0.4, -0.2) is 90.4 Å². The number of aliphatic carboxylic acids is 1. The summed E-state index contributed by atoms with van der Waals surface area (Å²) < 4.78 is 1.07. The number of rotatable bonds is 2. The third kappa shape index (κ3) is 4.80. The Morgan fingerprint density at radius 3 is 2.50 bits per heavy atom. The van der Waals surface area contributed by atoms with Crippen LogP contribution in [0.25, 0.3) is 0 Å². The molecule has 0 atom stereocenters. The maximum atomic E-state index is 10.1. The summed E-state index contributed by atoms with van der Waals surface area (Å²) in [6.45, 7) is -0.258. The van der Waals surface area contributed by atoms with Crippen LogP contribution >= 0.6 is 12.6 Å². The van der Waals surface area contributed by atoms with Gasteiger partial charge < -0.3 is 5.11 Å². The van der Waals surface area contributed by atoms with Gasteiger partial charge in [-0.25, -0.2) is 4.68 Å². The number of aromatic nitrogens is 4. The van der Waals surface area contributed by atoms with Gasteiger partial charge in [-0.2, -0.15) is 0 Å². The van der Waals surface area contributed by atoms with E-state index in [0.717, 1.165) is 4.68 Å². The standard InChI is InChI=1S/C3H4N4O2S.2Na.2H/c8-2(9)1-7-3(10)4-5-6-7;;;;/h1H2,(H,8,9)(H,4,6,10);;;;. The predicted molar refractivity (Wildman–Crippen MR) is 47.0 cm³/mol. The summed E-state index contributed by atoms with van der Waals surface area (Å²) in [6.07, 6.45) is 0. The van der Waals surface area contributed by atoms with Crippen LogP contribution in [0.2, 0.25) is 0 Å². The Labute approximate surface area is 118 Å². The molecule has 58 valence electrons. The van der Waals surface area contributed by atoms with E-state index in [1.165, 1.54) is 0 Å². The van der Waals surface area contributed by atoms with Crippen LogP contribution in [0.4, 0.5) is 0 Å². The molecule has 0 aliphatic heterocycles. The Morgan fingerprint density at radius 2 is 2.17 bits per heavy atom. The van der Waals surface area contributed by atoms with Gasteiger partial charge in [-0.15, -0.1) is 17.7 Å². The van der Waals surface area contributed by atoms with E-state index in [1.54, 1.807) is 0 Å². The van der Waals surface area contributed by atoms with E-state index in [1.807, 2.05) is 0 Å². The molecule has 0 bridgehead atoms. The summed E-state index contributed by atoms with van der Waals surface area (Å²) in [4.78, 5) is 10.1. The van der Waals surface area contributed by atoms with E-state index in [-0.39, 0.29) is 70.8 Å². The van der Waals surface area contributed by atoms with Gasteiger partial charge in [-0.3, -0.25) is 4.79 Å². The molecule has 1 aromatic heterocycles. The average molecular weight is 208 g/mol. The molecular formula is C3H6N4Na2O2S. The van der Waals surface area contributed by atoms with Gasteiger partial charge in [-0.05, 0) is 10.4 Å². The zero-order valence-electron chi connectivity index (χ0n) is 4.80. The number of carboxylic acid groups (broad SMARTS) is 1. The summed E-state index contributed by atoms with van der Waals surface area (Å²) in [6, 6.07) is 0. The first-order valence-electron chi connectivity index (χ1n) is 2.37. The third-order valence-corrected chi connectivity index (χ3v) is 1.12. The molecule has 1 heterocycles. The molecule has 12 heavy (non-hydrogen) atoms. The van der Waals surface area contributed by atoms with Crippen molar-refractivity contribution in [1.29, 1.82) is 0 Å². The minimum atomic E-state index is -0.998. The fraction of sp³-hybridized carbons (Fsp3) is 0.333. The first kappa shape index (κ1) is 15.4. The van der Waals surface area contributed by atoms with Crippen molar-refractivity contribution in [2.45, 2.75) is 11.7 Å². The molecule has 6 nitrogen and oxygen atoms in total. The molecule has 1 aromatic rings. The normalized spacial score (nSPS) is 8.08. The van der Waals surface area contributed by atoms with Gasteiger partial charge in [0, 0.05) is 0 Å². The number of hydrogen-bond acceptors (Lipinski definition) is 5. The van der Waals surface area contributed by atoms with Gasteiger partial charge in [0.05, 0.1) is 0 Å².